The predicted molar refractivity (Wildman–Crippen MR) is 101 cm³/mol. The van der Waals surface area contributed by atoms with Crippen molar-refractivity contribution in [2.45, 2.75) is 17.8 Å². The minimum absolute atomic E-state index is 0.117. The Hall–Kier alpha value is -3.06. The third-order valence-electron chi connectivity index (χ3n) is 3.55. The first-order valence-electron chi connectivity index (χ1n) is 8.09. The largest absolute Gasteiger partial charge is 0.573 e. The number of aromatic nitrogens is 2. The summed E-state index contributed by atoms with van der Waals surface area (Å²) >= 11 is 1.04. The molecule has 1 unspecified atom stereocenters. The zero-order valence-corrected chi connectivity index (χ0v) is 16.4. The van der Waals surface area contributed by atoms with Crippen molar-refractivity contribution in [3.8, 4) is 5.75 Å². The van der Waals surface area contributed by atoms with Gasteiger partial charge < -0.3 is 10.1 Å². The van der Waals surface area contributed by atoms with Gasteiger partial charge in [-0.3, -0.25) is 9.52 Å². The highest BCUT2D eigenvalue weighted by atomic mass is 32.2. The quantitative estimate of drug-likeness (QED) is 0.525. The summed E-state index contributed by atoms with van der Waals surface area (Å²) in [5.41, 5.74) is 0.499. The van der Waals surface area contributed by atoms with Crippen molar-refractivity contribution in [3.05, 3.63) is 65.7 Å². The van der Waals surface area contributed by atoms with Gasteiger partial charge in [-0.05, 0) is 42.0 Å². The number of hydrogen-bond donors (Lipinski definition) is 2. The lowest BCUT2D eigenvalue weighted by Crippen LogP contribution is -2.23. The van der Waals surface area contributed by atoms with E-state index in [0.717, 1.165) is 23.7 Å². The maximum absolute atomic E-state index is 13.7. The molecule has 0 bridgehead atoms. The molecule has 2 N–H and O–H groups in total. The first-order valence-corrected chi connectivity index (χ1v) is 10.0. The van der Waals surface area contributed by atoms with E-state index in [9.17, 15) is 26.6 Å². The first-order chi connectivity index (χ1) is 14.2. The Morgan fingerprint density at radius 1 is 1.17 bits per heavy atom. The predicted octanol–water partition coefficient (Wildman–Crippen LogP) is 3.64. The number of carbonyl (C=O) groups is 1. The van der Waals surface area contributed by atoms with Crippen molar-refractivity contribution < 1.29 is 31.3 Å². The van der Waals surface area contributed by atoms with E-state index in [2.05, 4.69) is 24.1 Å². The summed E-state index contributed by atoms with van der Waals surface area (Å²) in [6.45, 7) is -0.117. The smallest absolute Gasteiger partial charge is 0.403 e. The molecule has 0 fully saturated rings. The van der Waals surface area contributed by atoms with Crippen molar-refractivity contribution >= 4 is 33.6 Å². The number of rotatable bonds is 7. The topological polar surface area (TPSA) is 93.2 Å². The average molecular weight is 460 g/mol. The molecule has 158 valence electrons. The molecule has 0 saturated heterocycles. The van der Waals surface area contributed by atoms with Gasteiger partial charge in [-0.15, -0.1) is 13.2 Å². The molecule has 1 heterocycles. The number of benzene rings is 2. The summed E-state index contributed by atoms with van der Waals surface area (Å²) < 4.78 is 72.3. The van der Waals surface area contributed by atoms with Crippen LogP contribution in [0.4, 0.5) is 22.7 Å². The van der Waals surface area contributed by atoms with Crippen LogP contribution >= 0.6 is 11.5 Å². The summed E-state index contributed by atoms with van der Waals surface area (Å²) in [5.74, 6) is -2.66. The van der Waals surface area contributed by atoms with Crippen molar-refractivity contribution in [3.63, 3.8) is 0 Å². The fraction of sp³-hybridized carbons (Fsp3) is 0.118. The van der Waals surface area contributed by atoms with Gasteiger partial charge in [0.1, 0.15) is 6.33 Å². The van der Waals surface area contributed by atoms with Crippen LogP contribution in [0.3, 0.4) is 0 Å². The van der Waals surface area contributed by atoms with E-state index in [1.165, 1.54) is 36.7 Å². The highest BCUT2D eigenvalue weighted by Gasteiger charge is 2.32. The molecule has 30 heavy (non-hydrogen) atoms. The summed E-state index contributed by atoms with van der Waals surface area (Å²) in [4.78, 5) is 16.5. The Morgan fingerprint density at radius 2 is 1.90 bits per heavy atom. The molecule has 0 spiro atoms. The van der Waals surface area contributed by atoms with Crippen LogP contribution in [-0.2, 0) is 17.5 Å². The van der Waals surface area contributed by atoms with Gasteiger partial charge in [0.2, 0.25) is 5.13 Å². The van der Waals surface area contributed by atoms with E-state index in [1.54, 1.807) is 0 Å². The molecule has 1 aromatic heterocycles. The third-order valence-corrected chi connectivity index (χ3v) is 5.34. The molecule has 3 aromatic rings. The second kappa shape index (κ2) is 9.17. The third kappa shape index (κ3) is 5.97. The molecule has 0 aliphatic rings. The van der Waals surface area contributed by atoms with E-state index in [0.29, 0.717) is 10.0 Å². The van der Waals surface area contributed by atoms with Gasteiger partial charge >= 0.3 is 6.36 Å². The van der Waals surface area contributed by atoms with Gasteiger partial charge in [0.25, 0.3) is 5.91 Å². The number of amides is 1. The number of carbonyl (C=O) groups excluding carboxylic acids is 1. The van der Waals surface area contributed by atoms with Gasteiger partial charge in [-0.1, -0.05) is 6.07 Å². The fourth-order valence-electron chi connectivity index (χ4n) is 2.23. The molecule has 0 aliphatic carbocycles. The number of anilines is 1. The Balaban J connectivity index is 1.57. The number of alkyl halides is 3. The van der Waals surface area contributed by atoms with Gasteiger partial charge in [0, 0.05) is 23.6 Å². The number of halogens is 4. The Labute approximate surface area is 173 Å². The molecular weight excluding hydrogens is 448 g/mol. The van der Waals surface area contributed by atoms with Crippen LogP contribution in [0.25, 0.3) is 0 Å². The molecule has 2 aromatic carbocycles. The molecule has 0 aliphatic heterocycles. The Bertz CT molecular complexity index is 1040. The van der Waals surface area contributed by atoms with E-state index in [1.807, 2.05) is 0 Å². The van der Waals surface area contributed by atoms with Crippen molar-refractivity contribution in [1.82, 2.24) is 14.7 Å². The van der Waals surface area contributed by atoms with Gasteiger partial charge in [-0.25, -0.2) is 13.6 Å². The molecule has 0 saturated carbocycles. The van der Waals surface area contributed by atoms with E-state index >= 15 is 0 Å². The van der Waals surface area contributed by atoms with Crippen molar-refractivity contribution in [1.29, 1.82) is 0 Å². The normalized spacial score (nSPS) is 12.3. The maximum atomic E-state index is 13.7. The standard InChI is InChI=1S/C17H12F4N4O3S2/c18-13-7-10(1-6-14(13)28-17(19,20)21)8-22-15(26)11-2-4-12(5-3-11)30(27)25-16-23-9-24-29-16/h1-7,9H,8H2,(H,22,26)(H,23,24,25). The monoisotopic (exact) mass is 460 g/mol. The van der Waals surface area contributed by atoms with Crippen LogP contribution in [0.2, 0.25) is 0 Å². The summed E-state index contributed by atoms with van der Waals surface area (Å²) in [6, 6.07) is 8.75. The lowest BCUT2D eigenvalue weighted by atomic mass is 10.2. The van der Waals surface area contributed by atoms with E-state index < -0.39 is 34.8 Å². The fourth-order valence-corrected chi connectivity index (χ4v) is 3.61. The van der Waals surface area contributed by atoms with Crippen molar-refractivity contribution in [2.75, 3.05) is 4.72 Å². The Kier molecular flexibility index (Phi) is 6.62. The average Bonchev–Trinajstić information content (AvgIpc) is 3.20. The van der Waals surface area contributed by atoms with E-state index in [4.69, 9.17) is 0 Å². The minimum Gasteiger partial charge on any atom is -0.403 e. The summed E-state index contributed by atoms with van der Waals surface area (Å²) in [7, 11) is -1.59. The SMILES string of the molecule is O=C(NCc1ccc(OC(F)(F)F)c(F)c1)c1ccc(S(=O)Nc2ncns2)cc1. The molecule has 1 atom stereocenters. The Morgan fingerprint density at radius 3 is 2.50 bits per heavy atom. The highest BCUT2D eigenvalue weighted by Crippen LogP contribution is 2.26. The second-order valence-electron chi connectivity index (χ2n) is 5.64. The van der Waals surface area contributed by atoms with Crippen LogP contribution < -0.4 is 14.8 Å². The lowest BCUT2D eigenvalue weighted by molar-refractivity contribution is -0.275. The number of hydrogen-bond acceptors (Lipinski definition) is 6. The van der Waals surface area contributed by atoms with Crippen LogP contribution in [0.1, 0.15) is 15.9 Å². The molecular formula is C17H12F4N4O3S2. The molecule has 13 heteroatoms. The zero-order chi connectivity index (χ0) is 21.7. The molecule has 7 nitrogen and oxygen atoms in total. The van der Waals surface area contributed by atoms with Crippen LogP contribution in [0, 0.1) is 5.82 Å². The van der Waals surface area contributed by atoms with Gasteiger partial charge in [0.15, 0.2) is 22.6 Å². The molecule has 0 radical (unpaired) electrons. The summed E-state index contributed by atoms with van der Waals surface area (Å²) in [5, 5.41) is 2.90. The highest BCUT2D eigenvalue weighted by molar-refractivity contribution is 7.86. The zero-order valence-electron chi connectivity index (χ0n) is 14.8. The number of nitrogens with one attached hydrogen (secondary N) is 2. The van der Waals surface area contributed by atoms with Gasteiger partial charge in [-0.2, -0.15) is 4.37 Å². The molecule has 3 rings (SSSR count). The first kappa shape index (κ1) is 21.6. The van der Waals surface area contributed by atoms with Crippen LogP contribution in [-0.4, -0.2) is 25.8 Å². The number of ether oxygens (including phenoxy) is 1. The van der Waals surface area contributed by atoms with Crippen LogP contribution in [0.15, 0.2) is 53.7 Å². The minimum atomic E-state index is -5.00. The van der Waals surface area contributed by atoms with Gasteiger partial charge in [0.05, 0.1) is 4.90 Å². The number of nitrogens with zero attached hydrogens (tertiary/aromatic N) is 2. The second-order valence-corrected chi connectivity index (χ2v) is 7.63. The van der Waals surface area contributed by atoms with Crippen molar-refractivity contribution in [2.24, 2.45) is 0 Å². The maximum Gasteiger partial charge on any atom is 0.573 e. The molecule has 1 amide bonds. The van der Waals surface area contributed by atoms with Crippen LogP contribution in [0.5, 0.6) is 5.75 Å². The lowest BCUT2D eigenvalue weighted by Gasteiger charge is -2.11. The van der Waals surface area contributed by atoms with E-state index in [-0.39, 0.29) is 17.7 Å². The summed E-state index contributed by atoms with van der Waals surface area (Å²) in [6.07, 6.45) is -3.68.